The molecule has 6 heteroatoms. The van der Waals surface area contributed by atoms with E-state index in [1.807, 2.05) is 35.2 Å². The van der Waals surface area contributed by atoms with Crippen LogP contribution >= 0.6 is 0 Å². The Kier molecular flexibility index (Phi) is 6.20. The summed E-state index contributed by atoms with van der Waals surface area (Å²) in [6, 6.07) is 18.1. The molecule has 1 aliphatic heterocycles. The lowest BCUT2D eigenvalue weighted by Crippen LogP contribution is -2.43. The number of hydrogen-bond acceptors (Lipinski definition) is 4. The second-order valence-electron chi connectivity index (χ2n) is 8.06. The highest BCUT2D eigenvalue weighted by Crippen LogP contribution is 2.17. The van der Waals surface area contributed by atoms with Crippen molar-refractivity contribution >= 4 is 16.9 Å². The molecule has 0 N–H and O–H groups in total. The molecule has 0 spiro atoms. The predicted octanol–water partition coefficient (Wildman–Crippen LogP) is 2.84. The molecule has 0 saturated carbocycles. The van der Waals surface area contributed by atoms with Crippen molar-refractivity contribution < 1.29 is 4.79 Å². The predicted molar refractivity (Wildman–Crippen MR) is 114 cm³/mol. The van der Waals surface area contributed by atoms with Crippen LogP contribution in [0, 0.1) is 5.92 Å². The fraction of sp³-hybridized carbons (Fsp3) is 0.435. The molecule has 0 radical (unpaired) electrons. The molecule has 1 saturated heterocycles. The average Bonchev–Trinajstić information content (AvgIpc) is 3.14. The van der Waals surface area contributed by atoms with E-state index in [1.165, 1.54) is 23.2 Å². The Morgan fingerprint density at radius 1 is 1.07 bits per heavy atom. The van der Waals surface area contributed by atoms with Gasteiger partial charge in [0.1, 0.15) is 17.6 Å². The Bertz CT molecular complexity index is 906. The summed E-state index contributed by atoms with van der Waals surface area (Å²) in [5.74, 6) is 0.618. The fourth-order valence-corrected chi connectivity index (χ4v) is 4.16. The van der Waals surface area contributed by atoms with E-state index >= 15 is 0 Å². The van der Waals surface area contributed by atoms with Crippen LogP contribution in [-0.2, 0) is 17.8 Å². The third kappa shape index (κ3) is 5.21. The van der Waals surface area contributed by atoms with Gasteiger partial charge in [0.05, 0.1) is 0 Å². The Labute approximate surface area is 172 Å². The minimum absolute atomic E-state index is 0.0921. The maximum absolute atomic E-state index is 13.2. The lowest BCUT2D eigenvalue weighted by Gasteiger charge is -2.34. The topological polar surface area (TPSA) is 54.3 Å². The lowest BCUT2D eigenvalue weighted by molar-refractivity contribution is -0.133. The van der Waals surface area contributed by atoms with Crippen LogP contribution in [0.4, 0.5) is 0 Å². The number of rotatable bonds is 7. The lowest BCUT2D eigenvalue weighted by atomic mass is 9.97. The van der Waals surface area contributed by atoms with Crippen LogP contribution in [0.15, 0.2) is 54.6 Å². The van der Waals surface area contributed by atoms with Crippen LogP contribution in [0.2, 0.25) is 0 Å². The number of piperidine rings is 1. The Morgan fingerprint density at radius 3 is 2.45 bits per heavy atom. The number of amides is 1. The number of benzene rings is 2. The molecule has 4 rings (SSSR count). The molecule has 0 bridgehead atoms. The van der Waals surface area contributed by atoms with E-state index in [9.17, 15) is 4.79 Å². The zero-order valence-corrected chi connectivity index (χ0v) is 17.1. The van der Waals surface area contributed by atoms with Gasteiger partial charge in [0.25, 0.3) is 0 Å². The van der Waals surface area contributed by atoms with Gasteiger partial charge in [-0.05, 0) is 56.5 Å². The summed E-state index contributed by atoms with van der Waals surface area (Å²) in [6.07, 6.45) is 3.25. The van der Waals surface area contributed by atoms with Crippen LogP contribution in [-0.4, -0.2) is 63.9 Å². The Balaban J connectivity index is 1.45. The van der Waals surface area contributed by atoms with Crippen molar-refractivity contribution in [1.29, 1.82) is 0 Å². The van der Waals surface area contributed by atoms with Crippen molar-refractivity contribution in [3.63, 3.8) is 0 Å². The van der Waals surface area contributed by atoms with Crippen LogP contribution < -0.4 is 0 Å². The molecule has 1 unspecified atom stereocenters. The molecule has 0 aliphatic carbocycles. The Hall–Kier alpha value is -2.73. The van der Waals surface area contributed by atoms with Gasteiger partial charge in [0, 0.05) is 19.6 Å². The molecule has 2 aromatic carbocycles. The van der Waals surface area contributed by atoms with Gasteiger partial charge in [-0.2, -0.15) is 15.0 Å². The van der Waals surface area contributed by atoms with Gasteiger partial charge >= 0.3 is 0 Å². The normalized spacial score (nSPS) is 17.5. The summed E-state index contributed by atoms with van der Waals surface area (Å²) < 4.78 is 0. The molecule has 1 amide bonds. The van der Waals surface area contributed by atoms with Crippen LogP contribution in [0.25, 0.3) is 11.0 Å². The molecule has 1 fully saturated rings. The highest BCUT2D eigenvalue weighted by molar-refractivity contribution is 5.77. The van der Waals surface area contributed by atoms with Crippen LogP contribution in [0.5, 0.6) is 0 Å². The van der Waals surface area contributed by atoms with E-state index in [1.54, 1.807) is 0 Å². The smallest absolute Gasteiger partial charge is 0.246 e. The highest BCUT2D eigenvalue weighted by atomic mass is 16.2. The minimum Gasteiger partial charge on any atom is -0.340 e. The van der Waals surface area contributed by atoms with Crippen LogP contribution in [0.1, 0.15) is 18.4 Å². The molecule has 3 aromatic rings. The summed E-state index contributed by atoms with van der Waals surface area (Å²) in [4.78, 5) is 19.1. The monoisotopic (exact) mass is 391 g/mol. The number of carbonyl (C=O) groups is 1. The molecular formula is C23H29N5O. The zero-order chi connectivity index (χ0) is 20.1. The van der Waals surface area contributed by atoms with Gasteiger partial charge in [0.2, 0.25) is 5.91 Å². The van der Waals surface area contributed by atoms with E-state index in [2.05, 4.69) is 46.4 Å². The van der Waals surface area contributed by atoms with Gasteiger partial charge in [-0.3, -0.25) is 4.79 Å². The minimum atomic E-state index is 0.0921. The zero-order valence-electron chi connectivity index (χ0n) is 17.1. The van der Waals surface area contributed by atoms with E-state index in [4.69, 9.17) is 0 Å². The van der Waals surface area contributed by atoms with Gasteiger partial charge in [-0.25, -0.2) is 0 Å². The summed E-state index contributed by atoms with van der Waals surface area (Å²) in [6.45, 7) is 3.92. The number of aromatic nitrogens is 3. The number of fused-ring (bicyclic) bond motifs is 1. The fourth-order valence-electron chi connectivity index (χ4n) is 4.16. The van der Waals surface area contributed by atoms with E-state index in [0.717, 1.165) is 43.6 Å². The molecule has 1 aliphatic rings. The average molecular weight is 392 g/mol. The van der Waals surface area contributed by atoms with Gasteiger partial charge in [-0.15, -0.1) is 0 Å². The third-order valence-corrected chi connectivity index (χ3v) is 5.67. The van der Waals surface area contributed by atoms with Crippen molar-refractivity contribution in [3.05, 3.63) is 60.2 Å². The number of nitrogens with zero attached hydrogens (tertiary/aromatic N) is 5. The number of hydrogen-bond donors (Lipinski definition) is 0. The van der Waals surface area contributed by atoms with Crippen LogP contribution in [0.3, 0.4) is 0 Å². The first kappa shape index (κ1) is 19.6. The summed E-state index contributed by atoms with van der Waals surface area (Å²) in [5, 5.41) is 8.92. The van der Waals surface area contributed by atoms with Gasteiger partial charge < -0.3 is 9.80 Å². The maximum atomic E-state index is 13.2. The maximum Gasteiger partial charge on any atom is 0.246 e. The van der Waals surface area contributed by atoms with Crippen molar-refractivity contribution in [2.45, 2.75) is 25.8 Å². The second kappa shape index (κ2) is 9.18. The largest absolute Gasteiger partial charge is 0.340 e. The summed E-state index contributed by atoms with van der Waals surface area (Å²) in [7, 11) is 2.17. The van der Waals surface area contributed by atoms with Crippen molar-refractivity contribution in [2.24, 2.45) is 5.92 Å². The Morgan fingerprint density at radius 2 is 1.76 bits per heavy atom. The first-order chi connectivity index (χ1) is 14.2. The van der Waals surface area contributed by atoms with E-state index in [-0.39, 0.29) is 12.5 Å². The quantitative estimate of drug-likeness (QED) is 0.621. The molecule has 1 aromatic heterocycles. The second-order valence-corrected chi connectivity index (χ2v) is 8.06. The SMILES string of the molecule is CN1CCCC(CN(CCc2ccccc2)C(=O)Cn2nc3ccccc3n2)C1. The van der Waals surface area contributed by atoms with E-state index in [0.29, 0.717) is 5.92 Å². The molecule has 152 valence electrons. The highest BCUT2D eigenvalue weighted by Gasteiger charge is 2.23. The summed E-state index contributed by atoms with van der Waals surface area (Å²) in [5.41, 5.74) is 2.91. The van der Waals surface area contributed by atoms with Gasteiger partial charge in [0.15, 0.2) is 0 Å². The van der Waals surface area contributed by atoms with Crippen molar-refractivity contribution in [2.75, 3.05) is 33.2 Å². The van der Waals surface area contributed by atoms with Crippen molar-refractivity contribution in [3.8, 4) is 0 Å². The van der Waals surface area contributed by atoms with Gasteiger partial charge in [-0.1, -0.05) is 42.5 Å². The molecule has 2 heterocycles. The third-order valence-electron chi connectivity index (χ3n) is 5.67. The first-order valence-corrected chi connectivity index (χ1v) is 10.5. The first-order valence-electron chi connectivity index (χ1n) is 10.5. The molecular weight excluding hydrogens is 362 g/mol. The summed E-state index contributed by atoms with van der Waals surface area (Å²) >= 11 is 0. The number of carbonyl (C=O) groups excluding carboxylic acids is 1. The van der Waals surface area contributed by atoms with E-state index < -0.39 is 0 Å². The standard InChI is InChI=1S/C23H29N5O/c1-26-14-7-10-20(16-26)17-27(15-13-19-8-3-2-4-9-19)23(29)18-28-24-21-11-5-6-12-22(21)25-28/h2-6,8-9,11-12,20H,7,10,13-18H2,1H3. The number of likely N-dealkylation sites (tertiary alicyclic amines) is 1. The molecule has 29 heavy (non-hydrogen) atoms. The molecule has 6 nitrogen and oxygen atoms in total. The molecule has 1 atom stereocenters. The van der Waals surface area contributed by atoms with Crippen molar-refractivity contribution in [1.82, 2.24) is 24.8 Å².